The topological polar surface area (TPSA) is 54.0 Å². The van der Waals surface area contributed by atoms with Crippen molar-refractivity contribution in [1.29, 1.82) is 0 Å². The van der Waals surface area contributed by atoms with Gasteiger partial charge in [0.1, 0.15) is 12.2 Å². The second kappa shape index (κ2) is 5.67. The van der Waals surface area contributed by atoms with Crippen LogP contribution >= 0.6 is 0 Å². The zero-order valence-corrected chi connectivity index (χ0v) is 13.7. The van der Waals surface area contributed by atoms with Gasteiger partial charge in [0.25, 0.3) is 0 Å². The molecule has 20 heavy (non-hydrogen) atoms. The fourth-order valence-electron chi connectivity index (χ4n) is 1.88. The van der Waals surface area contributed by atoms with Gasteiger partial charge in [0.05, 0.1) is 13.7 Å². The van der Waals surface area contributed by atoms with Crippen LogP contribution in [0.5, 0.6) is 0 Å². The minimum absolute atomic E-state index is 0.0608. The van der Waals surface area contributed by atoms with Gasteiger partial charge in [-0.15, -0.1) is 0 Å². The van der Waals surface area contributed by atoms with Crippen LogP contribution in [0.4, 0.5) is 8.78 Å². The molecule has 0 bridgehead atoms. The Labute approximate surface area is 118 Å². The van der Waals surface area contributed by atoms with E-state index >= 15 is 0 Å². The quantitative estimate of drug-likeness (QED) is 0.575. The summed E-state index contributed by atoms with van der Waals surface area (Å²) in [4.78, 5) is 11.3. The number of rotatable bonds is 5. The maximum Gasteiger partial charge on any atom is 0.379 e. The van der Waals surface area contributed by atoms with E-state index in [1.807, 2.05) is 0 Å². The zero-order chi connectivity index (χ0) is 15.8. The standard InChI is InChI=1S/C12H22F2O5Si/c1-11(2)17-7-8(18-11)9(19-20(4,5)6)12(13,14)10(15)16-3/h8-9H,7H2,1-6H3/t8-,9-/m1/s1. The smallest absolute Gasteiger partial charge is 0.379 e. The maximum absolute atomic E-state index is 14.2. The number of halogens is 2. The second-order valence-corrected chi connectivity index (χ2v) is 10.6. The number of carbonyl (C=O) groups excluding carboxylic acids is 1. The Morgan fingerprint density at radius 1 is 1.40 bits per heavy atom. The summed E-state index contributed by atoms with van der Waals surface area (Å²) >= 11 is 0. The van der Waals surface area contributed by atoms with Crippen molar-refractivity contribution in [3.63, 3.8) is 0 Å². The molecule has 1 saturated heterocycles. The molecule has 0 aromatic carbocycles. The van der Waals surface area contributed by atoms with Crippen LogP contribution in [-0.4, -0.2) is 51.9 Å². The molecule has 1 fully saturated rings. The lowest BCUT2D eigenvalue weighted by Crippen LogP contribution is -2.55. The molecule has 0 saturated carbocycles. The average Bonchev–Trinajstić information content (AvgIpc) is 2.63. The molecule has 0 unspecified atom stereocenters. The summed E-state index contributed by atoms with van der Waals surface area (Å²) in [6, 6.07) is 0. The first kappa shape index (κ1) is 17.5. The van der Waals surface area contributed by atoms with Gasteiger partial charge in [-0.1, -0.05) is 0 Å². The minimum atomic E-state index is -3.79. The Morgan fingerprint density at radius 3 is 2.30 bits per heavy atom. The Bertz CT molecular complexity index is 367. The molecule has 0 N–H and O–H groups in total. The van der Waals surface area contributed by atoms with E-state index in [2.05, 4.69) is 4.74 Å². The normalized spacial score (nSPS) is 24.5. The van der Waals surface area contributed by atoms with E-state index in [-0.39, 0.29) is 6.61 Å². The predicted octanol–water partition coefficient (Wildman–Crippen LogP) is 2.17. The molecule has 1 heterocycles. The van der Waals surface area contributed by atoms with Crippen molar-refractivity contribution in [1.82, 2.24) is 0 Å². The minimum Gasteiger partial charge on any atom is -0.465 e. The lowest BCUT2D eigenvalue weighted by molar-refractivity contribution is -0.204. The van der Waals surface area contributed by atoms with Crippen LogP contribution in [0.2, 0.25) is 19.6 Å². The predicted molar refractivity (Wildman–Crippen MR) is 70.1 cm³/mol. The van der Waals surface area contributed by atoms with Crippen LogP contribution in [0.15, 0.2) is 0 Å². The van der Waals surface area contributed by atoms with Gasteiger partial charge in [-0.25, -0.2) is 4.79 Å². The van der Waals surface area contributed by atoms with Gasteiger partial charge in [0, 0.05) is 0 Å². The molecule has 1 rings (SSSR count). The summed E-state index contributed by atoms with van der Waals surface area (Å²) in [5.74, 6) is -6.39. The fourth-order valence-corrected chi connectivity index (χ4v) is 2.94. The van der Waals surface area contributed by atoms with Gasteiger partial charge < -0.3 is 18.6 Å². The highest BCUT2D eigenvalue weighted by Crippen LogP contribution is 2.35. The van der Waals surface area contributed by atoms with E-state index in [4.69, 9.17) is 13.9 Å². The summed E-state index contributed by atoms with van der Waals surface area (Å²) in [6.45, 7) is 8.45. The Morgan fingerprint density at radius 2 is 1.95 bits per heavy atom. The highest BCUT2D eigenvalue weighted by Gasteiger charge is 2.57. The summed E-state index contributed by atoms with van der Waals surface area (Å²) < 4.78 is 48.8. The molecular formula is C12H22F2O5Si. The van der Waals surface area contributed by atoms with Crippen LogP contribution in [0.1, 0.15) is 13.8 Å². The molecule has 2 atom stereocenters. The van der Waals surface area contributed by atoms with Crippen molar-refractivity contribution in [2.75, 3.05) is 13.7 Å². The third-order valence-electron chi connectivity index (χ3n) is 2.66. The number of esters is 1. The molecule has 0 aliphatic carbocycles. The number of methoxy groups -OCH3 is 1. The van der Waals surface area contributed by atoms with E-state index < -0.39 is 38.2 Å². The molecule has 0 radical (unpaired) electrons. The molecule has 1 aliphatic rings. The monoisotopic (exact) mass is 312 g/mol. The largest absolute Gasteiger partial charge is 0.465 e. The van der Waals surface area contributed by atoms with Gasteiger partial charge in [0.2, 0.25) is 0 Å². The first-order valence-electron chi connectivity index (χ1n) is 6.35. The summed E-state index contributed by atoms with van der Waals surface area (Å²) in [6.07, 6.45) is -2.74. The maximum atomic E-state index is 14.2. The lowest BCUT2D eigenvalue weighted by Gasteiger charge is -2.34. The van der Waals surface area contributed by atoms with Crippen molar-refractivity contribution in [2.45, 2.75) is 57.4 Å². The van der Waals surface area contributed by atoms with Crippen LogP contribution in [0, 0.1) is 0 Å². The molecule has 0 aromatic rings. The van der Waals surface area contributed by atoms with Gasteiger partial charge in [0.15, 0.2) is 14.1 Å². The third kappa shape index (κ3) is 4.21. The van der Waals surface area contributed by atoms with Gasteiger partial charge in [-0.2, -0.15) is 8.78 Å². The van der Waals surface area contributed by atoms with Crippen LogP contribution in [0.3, 0.4) is 0 Å². The van der Waals surface area contributed by atoms with Gasteiger partial charge in [-0.05, 0) is 33.5 Å². The molecule has 118 valence electrons. The van der Waals surface area contributed by atoms with E-state index in [9.17, 15) is 13.6 Å². The average molecular weight is 312 g/mol. The molecule has 5 nitrogen and oxygen atoms in total. The number of ether oxygens (including phenoxy) is 3. The molecule has 1 aliphatic heterocycles. The second-order valence-electron chi connectivity index (χ2n) is 6.13. The summed E-state index contributed by atoms with van der Waals surface area (Å²) in [5.41, 5.74) is 0. The number of hydrogen-bond donors (Lipinski definition) is 0. The number of alkyl halides is 2. The van der Waals surface area contributed by atoms with Gasteiger partial charge in [-0.3, -0.25) is 0 Å². The highest BCUT2D eigenvalue weighted by atomic mass is 28.4. The highest BCUT2D eigenvalue weighted by molar-refractivity contribution is 6.69. The van der Waals surface area contributed by atoms with Crippen molar-refractivity contribution >= 4 is 14.3 Å². The van der Waals surface area contributed by atoms with Crippen LogP contribution < -0.4 is 0 Å². The molecule has 0 aromatic heterocycles. The SMILES string of the molecule is COC(=O)C(F)(F)[C@H](O[Si](C)(C)C)[C@H]1COC(C)(C)O1. The number of carbonyl (C=O) groups is 1. The van der Waals surface area contributed by atoms with E-state index in [0.29, 0.717) is 0 Å². The number of hydrogen-bond acceptors (Lipinski definition) is 5. The molecular weight excluding hydrogens is 290 g/mol. The van der Waals surface area contributed by atoms with E-state index in [1.165, 1.54) is 0 Å². The molecule has 0 amide bonds. The summed E-state index contributed by atoms with van der Waals surface area (Å²) in [7, 11) is -1.41. The Kier molecular flexibility index (Phi) is 4.95. The molecule has 0 spiro atoms. The molecule has 8 heteroatoms. The lowest BCUT2D eigenvalue weighted by atomic mass is 10.1. The third-order valence-corrected chi connectivity index (χ3v) is 3.62. The van der Waals surface area contributed by atoms with E-state index in [0.717, 1.165) is 7.11 Å². The first-order chi connectivity index (χ1) is 8.89. The van der Waals surface area contributed by atoms with Gasteiger partial charge >= 0.3 is 11.9 Å². The van der Waals surface area contributed by atoms with Crippen molar-refractivity contribution in [2.24, 2.45) is 0 Å². The van der Waals surface area contributed by atoms with Crippen LogP contribution in [-0.2, 0) is 23.4 Å². The van der Waals surface area contributed by atoms with Crippen molar-refractivity contribution < 1.29 is 32.2 Å². The van der Waals surface area contributed by atoms with Crippen molar-refractivity contribution in [3.8, 4) is 0 Å². The Balaban J connectivity index is 3.00. The fraction of sp³-hybridized carbons (Fsp3) is 0.917. The Hall–Kier alpha value is -0.573. The summed E-state index contributed by atoms with van der Waals surface area (Å²) in [5, 5.41) is 0. The van der Waals surface area contributed by atoms with Crippen LogP contribution in [0.25, 0.3) is 0 Å². The zero-order valence-electron chi connectivity index (χ0n) is 12.7. The van der Waals surface area contributed by atoms with E-state index in [1.54, 1.807) is 33.5 Å². The van der Waals surface area contributed by atoms with Crippen molar-refractivity contribution in [3.05, 3.63) is 0 Å². The first-order valence-corrected chi connectivity index (χ1v) is 9.76.